The van der Waals surface area contributed by atoms with Gasteiger partial charge >= 0.3 is 0 Å². The van der Waals surface area contributed by atoms with Gasteiger partial charge in [0.15, 0.2) is 0 Å². The van der Waals surface area contributed by atoms with Crippen LogP contribution in [0.15, 0.2) is 0 Å². The van der Waals surface area contributed by atoms with E-state index in [4.69, 9.17) is 12.3 Å². The van der Waals surface area contributed by atoms with E-state index in [9.17, 15) is 0 Å². The predicted molar refractivity (Wildman–Crippen MR) is 32.7 cm³/mol. The molecule has 3 N–H and O–H groups in total. The first-order chi connectivity index (χ1) is 3.88. The number of nitrogens with two attached hydrogens (primary N) is 1. The first kappa shape index (κ1) is 5.61. The molecule has 2 nitrogen and oxygen atoms in total. The summed E-state index contributed by atoms with van der Waals surface area (Å²) in [5.74, 6) is 8.37. The molecular formula is C6H10N2. The molecule has 0 bridgehead atoms. The summed E-state index contributed by atoms with van der Waals surface area (Å²) in [6.45, 7) is 0. The SMILES string of the molecule is C#CC(NN)C1CC1. The van der Waals surface area contributed by atoms with E-state index in [2.05, 4.69) is 11.3 Å². The van der Waals surface area contributed by atoms with Crippen LogP contribution in [-0.4, -0.2) is 6.04 Å². The van der Waals surface area contributed by atoms with Crippen LogP contribution in [0.2, 0.25) is 0 Å². The lowest BCUT2D eigenvalue weighted by atomic mass is 10.2. The van der Waals surface area contributed by atoms with E-state index in [1.54, 1.807) is 0 Å². The Morgan fingerprint density at radius 3 is 2.50 bits per heavy atom. The van der Waals surface area contributed by atoms with Crippen molar-refractivity contribution in [1.29, 1.82) is 0 Å². The van der Waals surface area contributed by atoms with Crippen molar-refractivity contribution in [3.05, 3.63) is 0 Å². The molecule has 1 unspecified atom stereocenters. The largest absolute Gasteiger partial charge is 0.270 e. The average molecular weight is 110 g/mol. The first-order valence-electron chi connectivity index (χ1n) is 2.80. The van der Waals surface area contributed by atoms with Crippen molar-refractivity contribution < 1.29 is 0 Å². The van der Waals surface area contributed by atoms with E-state index >= 15 is 0 Å². The van der Waals surface area contributed by atoms with Crippen LogP contribution < -0.4 is 11.3 Å². The van der Waals surface area contributed by atoms with Crippen LogP contribution in [0.25, 0.3) is 0 Å². The Hall–Kier alpha value is -0.520. The third-order valence-electron chi connectivity index (χ3n) is 1.45. The summed E-state index contributed by atoms with van der Waals surface area (Å²) in [5, 5.41) is 0. The lowest BCUT2D eigenvalue weighted by molar-refractivity contribution is 0.576. The molecule has 0 saturated heterocycles. The Morgan fingerprint density at radius 2 is 2.38 bits per heavy atom. The molecule has 1 atom stereocenters. The monoisotopic (exact) mass is 110 g/mol. The van der Waals surface area contributed by atoms with Crippen molar-refractivity contribution in [2.24, 2.45) is 11.8 Å². The third kappa shape index (κ3) is 1.00. The van der Waals surface area contributed by atoms with Crippen LogP contribution in [0, 0.1) is 18.3 Å². The topological polar surface area (TPSA) is 38.0 Å². The molecule has 1 aliphatic carbocycles. The summed E-state index contributed by atoms with van der Waals surface area (Å²) in [7, 11) is 0. The minimum Gasteiger partial charge on any atom is -0.270 e. The van der Waals surface area contributed by atoms with Gasteiger partial charge in [0, 0.05) is 0 Å². The zero-order valence-corrected chi connectivity index (χ0v) is 4.72. The number of hydrogen-bond donors (Lipinski definition) is 2. The molecule has 44 valence electrons. The van der Waals surface area contributed by atoms with Gasteiger partial charge in [-0.15, -0.1) is 6.42 Å². The highest BCUT2D eigenvalue weighted by atomic mass is 15.2. The van der Waals surface area contributed by atoms with Crippen LogP contribution in [0.3, 0.4) is 0 Å². The maximum Gasteiger partial charge on any atom is 0.0842 e. The van der Waals surface area contributed by atoms with Crippen molar-refractivity contribution in [3.8, 4) is 12.3 Å². The zero-order chi connectivity index (χ0) is 5.98. The standard InChI is InChI=1S/C6H10N2/c1-2-6(8-7)5-3-4-5/h1,5-6,8H,3-4,7H2. The molecular weight excluding hydrogens is 100 g/mol. The quantitative estimate of drug-likeness (QED) is 0.295. The fraction of sp³-hybridized carbons (Fsp3) is 0.667. The minimum atomic E-state index is 0.120. The number of hydrazine groups is 1. The van der Waals surface area contributed by atoms with Crippen LogP contribution in [-0.2, 0) is 0 Å². The molecule has 0 aromatic carbocycles. The Kier molecular flexibility index (Phi) is 1.52. The van der Waals surface area contributed by atoms with Gasteiger partial charge in [0.1, 0.15) is 0 Å². The Labute approximate surface area is 49.4 Å². The van der Waals surface area contributed by atoms with E-state index < -0.39 is 0 Å². The van der Waals surface area contributed by atoms with Gasteiger partial charge in [0.05, 0.1) is 6.04 Å². The van der Waals surface area contributed by atoms with Crippen LogP contribution >= 0.6 is 0 Å². The smallest absolute Gasteiger partial charge is 0.0842 e. The van der Waals surface area contributed by atoms with E-state index in [0.717, 1.165) is 0 Å². The average Bonchev–Trinajstić information content (AvgIpc) is 2.53. The number of terminal acetylenes is 1. The van der Waals surface area contributed by atoms with Gasteiger partial charge in [-0.2, -0.15) is 0 Å². The van der Waals surface area contributed by atoms with Gasteiger partial charge in [-0.25, -0.2) is 5.43 Å². The molecule has 8 heavy (non-hydrogen) atoms. The molecule has 1 saturated carbocycles. The fourth-order valence-electron chi connectivity index (χ4n) is 0.750. The van der Waals surface area contributed by atoms with E-state index in [0.29, 0.717) is 5.92 Å². The highest BCUT2D eigenvalue weighted by Crippen LogP contribution is 2.31. The van der Waals surface area contributed by atoms with E-state index in [1.165, 1.54) is 12.8 Å². The highest BCUT2D eigenvalue weighted by Gasteiger charge is 2.28. The van der Waals surface area contributed by atoms with Gasteiger partial charge in [-0.1, -0.05) is 5.92 Å². The lowest BCUT2D eigenvalue weighted by Gasteiger charge is -2.03. The molecule has 0 aromatic heterocycles. The highest BCUT2D eigenvalue weighted by molar-refractivity contribution is 5.05. The summed E-state index contributed by atoms with van der Waals surface area (Å²) in [4.78, 5) is 0. The second-order valence-electron chi connectivity index (χ2n) is 2.15. The van der Waals surface area contributed by atoms with E-state index in [-0.39, 0.29) is 6.04 Å². The minimum absolute atomic E-state index is 0.120. The van der Waals surface area contributed by atoms with Gasteiger partial charge in [-0.3, -0.25) is 5.84 Å². The zero-order valence-electron chi connectivity index (χ0n) is 4.72. The number of hydrogen-bond acceptors (Lipinski definition) is 2. The first-order valence-corrected chi connectivity index (χ1v) is 2.80. The van der Waals surface area contributed by atoms with Crippen molar-refractivity contribution in [1.82, 2.24) is 5.43 Å². The molecule has 1 aliphatic rings. The normalized spacial score (nSPS) is 22.0. The van der Waals surface area contributed by atoms with Gasteiger partial charge < -0.3 is 0 Å². The van der Waals surface area contributed by atoms with Gasteiger partial charge in [0.2, 0.25) is 0 Å². The summed E-state index contributed by atoms with van der Waals surface area (Å²) in [6.07, 6.45) is 7.60. The van der Waals surface area contributed by atoms with Crippen molar-refractivity contribution >= 4 is 0 Å². The van der Waals surface area contributed by atoms with Crippen LogP contribution in [0.5, 0.6) is 0 Å². The number of rotatable bonds is 2. The Balaban J connectivity index is 2.29. The fourth-order valence-corrected chi connectivity index (χ4v) is 0.750. The molecule has 0 radical (unpaired) electrons. The molecule has 0 aliphatic heterocycles. The predicted octanol–water partition coefficient (Wildman–Crippen LogP) is -0.139. The van der Waals surface area contributed by atoms with Crippen molar-refractivity contribution in [2.45, 2.75) is 18.9 Å². The van der Waals surface area contributed by atoms with Gasteiger partial charge in [-0.05, 0) is 18.8 Å². The molecule has 1 fully saturated rings. The summed E-state index contributed by atoms with van der Waals surface area (Å²) >= 11 is 0. The summed E-state index contributed by atoms with van der Waals surface area (Å²) in [6, 6.07) is 0.120. The Bertz CT molecular complexity index is 110. The molecule has 0 amide bonds. The van der Waals surface area contributed by atoms with E-state index in [1.807, 2.05) is 0 Å². The summed E-state index contributed by atoms with van der Waals surface area (Å²) < 4.78 is 0. The van der Waals surface area contributed by atoms with Crippen molar-refractivity contribution in [2.75, 3.05) is 0 Å². The van der Waals surface area contributed by atoms with Gasteiger partial charge in [0.25, 0.3) is 0 Å². The third-order valence-corrected chi connectivity index (χ3v) is 1.45. The molecule has 0 spiro atoms. The maximum absolute atomic E-state index is 5.13. The number of nitrogens with one attached hydrogen (secondary N) is 1. The van der Waals surface area contributed by atoms with Crippen molar-refractivity contribution in [3.63, 3.8) is 0 Å². The molecule has 2 heteroatoms. The second kappa shape index (κ2) is 2.17. The lowest BCUT2D eigenvalue weighted by Crippen LogP contribution is -2.35. The second-order valence-corrected chi connectivity index (χ2v) is 2.15. The molecule has 1 rings (SSSR count). The van der Waals surface area contributed by atoms with Crippen LogP contribution in [0.4, 0.5) is 0 Å². The maximum atomic E-state index is 5.13. The van der Waals surface area contributed by atoms with Crippen LogP contribution in [0.1, 0.15) is 12.8 Å². The molecule has 0 aromatic rings. The Morgan fingerprint density at radius 1 is 1.75 bits per heavy atom. The summed E-state index contributed by atoms with van der Waals surface area (Å²) in [5.41, 5.74) is 2.58. The molecule has 0 heterocycles.